The van der Waals surface area contributed by atoms with Crippen LogP contribution in [0.25, 0.3) is 0 Å². The highest BCUT2D eigenvalue weighted by Gasteiger charge is 1.89. The molecule has 0 atom stereocenters. The second-order valence-electron chi connectivity index (χ2n) is 1.62. The van der Waals surface area contributed by atoms with Crippen molar-refractivity contribution in [1.29, 1.82) is 0 Å². The molecule has 0 aliphatic heterocycles. The van der Waals surface area contributed by atoms with Gasteiger partial charge in [0.05, 0.1) is 0 Å². The predicted molar refractivity (Wildman–Crippen MR) is 46.7 cm³/mol. The lowest BCUT2D eigenvalue weighted by Gasteiger charge is -2.13. The van der Waals surface area contributed by atoms with E-state index in [1.807, 2.05) is 0 Å². The molecule has 0 amide bonds. The van der Waals surface area contributed by atoms with E-state index in [0.29, 0.717) is 0 Å². The summed E-state index contributed by atoms with van der Waals surface area (Å²) in [5.74, 6) is 0. The zero-order valence-electron chi connectivity index (χ0n) is 7.35. The maximum Gasteiger partial charge on any atom is -0.00474 e. The first-order chi connectivity index (χ1) is 3.35. The number of nitrogens with zero attached hydrogens (tertiary/aromatic N) is 1. The number of quaternary nitrogens is 1. The fourth-order valence-electron chi connectivity index (χ4n) is 0.671. The standard InChI is InChI=1S/C6H15N.2ClH.H3N/c1-4-7(5-2)6-3;;;/h4-6H2,1-3H3;2*1H;1H3. The van der Waals surface area contributed by atoms with Crippen molar-refractivity contribution in [2.45, 2.75) is 20.8 Å². The molecule has 0 radical (unpaired) electrons. The summed E-state index contributed by atoms with van der Waals surface area (Å²) in [5, 5.41) is 0. The Morgan fingerprint density at radius 2 is 1.10 bits per heavy atom. The molecular weight excluding hydrogens is 171 g/mol. The summed E-state index contributed by atoms with van der Waals surface area (Å²) >= 11 is 0. The molecule has 0 aromatic rings. The van der Waals surface area contributed by atoms with Crippen LogP contribution in [-0.2, 0) is 0 Å². The highest BCUT2D eigenvalue weighted by Crippen LogP contribution is 1.81. The molecule has 0 aromatic carbocycles. The van der Waals surface area contributed by atoms with E-state index >= 15 is 0 Å². The van der Waals surface area contributed by atoms with Gasteiger partial charge in [-0.1, -0.05) is 20.8 Å². The topological polar surface area (TPSA) is 39.7 Å². The zero-order valence-corrected chi connectivity index (χ0v) is 8.93. The Bertz CT molecular complexity index is 35.2. The van der Waals surface area contributed by atoms with Crippen LogP contribution in [0, 0.1) is 0 Å². The predicted octanol–water partition coefficient (Wildman–Crippen LogP) is -0.850. The first-order valence-electron chi connectivity index (χ1n) is 3.07. The van der Waals surface area contributed by atoms with Gasteiger partial charge < -0.3 is 23.5 Å². The molecule has 2 nitrogen and oxygen atoms in total. The number of rotatable bonds is 3. The van der Waals surface area contributed by atoms with Gasteiger partial charge in [-0.2, -0.15) is 0 Å². The zero-order chi connectivity index (χ0) is 5.70. The fraction of sp³-hybridized carbons (Fsp3) is 1.00. The molecule has 4 heteroatoms. The third-order valence-electron chi connectivity index (χ3n) is 1.34. The molecule has 0 bridgehead atoms. The van der Waals surface area contributed by atoms with Gasteiger partial charge in [-0.25, -0.2) is 0 Å². The van der Waals surface area contributed by atoms with E-state index in [-0.39, 0.29) is 31.0 Å². The molecule has 0 saturated heterocycles. The number of hydrogen-bond acceptors (Lipinski definition) is 1. The summed E-state index contributed by atoms with van der Waals surface area (Å²) in [7, 11) is 0. The van der Waals surface area contributed by atoms with Crippen molar-refractivity contribution in [3.63, 3.8) is 0 Å². The van der Waals surface area contributed by atoms with Crippen LogP contribution in [-0.4, -0.2) is 24.5 Å². The number of halogens is 2. The van der Waals surface area contributed by atoms with Crippen LogP contribution < -0.4 is 18.6 Å². The van der Waals surface area contributed by atoms with E-state index in [2.05, 4.69) is 25.7 Å². The van der Waals surface area contributed by atoms with E-state index < -0.39 is 0 Å². The SMILES string of the molecule is CCN(CC)CC.Cl.[Cl-].[NH4+]. The minimum atomic E-state index is 0. The molecule has 0 fully saturated rings. The van der Waals surface area contributed by atoms with Gasteiger partial charge in [0.25, 0.3) is 0 Å². The number of hydrogen-bond donors (Lipinski definition) is 1. The lowest BCUT2D eigenvalue weighted by molar-refractivity contribution is -0.00000239. The van der Waals surface area contributed by atoms with Gasteiger partial charge in [0.1, 0.15) is 0 Å². The second-order valence-corrected chi connectivity index (χ2v) is 1.62. The third-order valence-corrected chi connectivity index (χ3v) is 1.34. The summed E-state index contributed by atoms with van der Waals surface area (Å²) in [5.41, 5.74) is 0. The molecule has 0 aliphatic carbocycles. The Balaban J connectivity index is -0.0000000600. The minimum Gasteiger partial charge on any atom is -1.00 e. The molecule has 0 aliphatic rings. The Morgan fingerprint density at radius 3 is 1.10 bits per heavy atom. The average molecular weight is 191 g/mol. The van der Waals surface area contributed by atoms with Crippen LogP contribution in [0.5, 0.6) is 0 Å². The smallest absolute Gasteiger partial charge is 0.00474 e. The lowest BCUT2D eigenvalue weighted by atomic mass is 10.5. The lowest BCUT2D eigenvalue weighted by Crippen LogP contribution is -3.00. The summed E-state index contributed by atoms with van der Waals surface area (Å²) in [6, 6.07) is 0. The van der Waals surface area contributed by atoms with Crippen LogP contribution in [0.1, 0.15) is 20.8 Å². The van der Waals surface area contributed by atoms with E-state index in [1.54, 1.807) is 0 Å². The van der Waals surface area contributed by atoms with Crippen LogP contribution in [0.4, 0.5) is 0 Å². The second kappa shape index (κ2) is 16.2. The first-order valence-corrected chi connectivity index (χ1v) is 3.07. The van der Waals surface area contributed by atoms with Gasteiger partial charge in [0.15, 0.2) is 0 Å². The maximum atomic E-state index is 2.38. The van der Waals surface area contributed by atoms with E-state index in [1.165, 1.54) is 19.6 Å². The Kier molecular flexibility index (Phi) is 36.4. The first kappa shape index (κ1) is 22.4. The van der Waals surface area contributed by atoms with E-state index in [0.717, 1.165) is 0 Å². The molecule has 0 aromatic heterocycles. The molecule has 0 saturated carbocycles. The maximum absolute atomic E-state index is 2.38. The third kappa shape index (κ3) is 11.3. The Labute approximate surface area is 76.8 Å². The summed E-state index contributed by atoms with van der Waals surface area (Å²) in [6.45, 7) is 10.1. The van der Waals surface area contributed by atoms with Crippen LogP contribution in [0.2, 0.25) is 0 Å². The summed E-state index contributed by atoms with van der Waals surface area (Å²) in [4.78, 5) is 2.38. The van der Waals surface area contributed by atoms with Gasteiger partial charge in [-0.3, -0.25) is 0 Å². The van der Waals surface area contributed by atoms with Crippen molar-refractivity contribution in [2.24, 2.45) is 0 Å². The van der Waals surface area contributed by atoms with Crippen LogP contribution in [0.3, 0.4) is 0 Å². The normalized spacial score (nSPS) is 7.20. The Hall–Kier alpha value is 0.500. The molecule has 0 rings (SSSR count). The summed E-state index contributed by atoms with van der Waals surface area (Å²) < 4.78 is 0. The van der Waals surface area contributed by atoms with Gasteiger partial charge in [0.2, 0.25) is 0 Å². The molecule has 0 heterocycles. The van der Waals surface area contributed by atoms with Crippen molar-refractivity contribution in [3.8, 4) is 0 Å². The largest absolute Gasteiger partial charge is 1.00 e. The Morgan fingerprint density at radius 1 is 0.900 bits per heavy atom. The fourth-order valence-corrected chi connectivity index (χ4v) is 0.671. The summed E-state index contributed by atoms with van der Waals surface area (Å²) in [6.07, 6.45) is 0. The van der Waals surface area contributed by atoms with Crippen LogP contribution >= 0.6 is 12.4 Å². The quantitative estimate of drug-likeness (QED) is 0.620. The van der Waals surface area contributed by atoms with E-state index in [9.17, 15) is 0 Å². The van der Waals surface area contributed by atoms with Crippen molar-refractivity contribution >= 4 is 12.4 Å². The molecule has 4 N–H and O–H groups in total. The van der Waals surface area contributed by atoms with Crippen LogP contribution in [0.15, 0.2) is 0 Å². The monoisotopic (exact) mass is 190 g/mol. The van der Waals surface area contributed by atoms with Gasteiger partial charge in [-0.05, 0) is 19.6 Å². The molecule has 0 spiro atoms. The highest BCUT2D eigenvalue weighted by atomic mass is 35.5. The van der Waals surface area contributed by atoms with Gasteiger partial charge >= 0.3 is 0 Å². The molecule has 68 valence electrons. The van der Waals surface area contributed by atoms with E-state index in [4.69, 9.17) is 0 Å². The average Bonchev–Trinajstić information content (AvgIpc) is 1.72. The molecule has 10 heavy (non-hydrogen) atoms. The van der Waals surface area contributed by atoms with Gasteiger partial charge in [0, 0.05) is 0 Å². The minimum absolute atomic E-state index is 0. The van der Waals surface area contributed by atoms with Crippen molar-refractivity contribution in [1.82, 2.24) is 11.1 Å². The van der Waals surface area contributed by atoms with Gasteiger partial charge in [-0.15, -0.1) is 12.4 Å². The van der Waals surface area contributed by atoms with Crippen molar-refractivity contribution in [3.05, 3.63) is 0 Å². The van der Waals surface area contributed by atoms with Crippen molar-refractivity contribution < 1.29 is 12.4 Å². The molecule has 0 unspecified atom stereocenters. The highest BCUT2D eigenvalue weighted by molar-refractivity contribution is 5.85. The molecular formula is C6H20Cl2N2. The van der Waals surface area contributed by atoms with Crippen molar-refractivity contribution in [2.75, 3.05) is 19.6 Å².